The highest BCUT2D eigenvalue weighted by molar-refractivity contribution is 6.20. The van der Waals surface area contributed by atoms with Gasteiger partial charge in [0.15, 0.2) is 5.82 Å². The van der Waals surface area contributed by atoms with Gasteiger partial charge < -0.3 is 4.84 Å². The average Bonchev–Trinajstić information content (AvgIpc) is 2.78. The van der Waals surface area contributed by atoms with Gasteiger partial charge in [0.25, 0.3) is 11.8 Å². The summed E-state index contributed by atoms with van der Waals surface area (Å²) >= 11 is 0. The zero-order valence-corrected chi connectivity index (χ0v) is 11.8. The van der Waals surface area contributed by atoms with Gasteiger partial charge in [0.2, 0.25) is 5.95 Å². The molecule has 0 N–H and O–H groups in total. The fourth-order valence-corrected chi connectivity index (χ4v) is 2.12. The van der Waals surface area contributed by atoms with E-state index in [1.54, 1.807) is 0 Å². The van der Waals surface area contributed by atoms with Gasteiger partial charge in [-0.3, -0.25) is 9.59 Å². The predicted molar refractivity (Wildman–Crippen MR) is 70.8 cm³/mol. The van der Waals surface area contributed by atoms with E-state index in [1.165, 1.54) is 24.3 Å². The zero-order valence-electron chi connectivity index (χ0n) is 11.8. The van der Waals surface area contributed by atoms with E-state index in [0.29, 0.717) is 0 Å². The maximum absolute atomic E-state index is 13.4. The summed E-state index contributed by atoms with van der Waals surface area (Å²) in [6, 6.07) is 6.03. The number of halogens is 3. The molecule has 0 saturated carbocycles. The Kier molecular flexibility index (Phi) is 3.76. The van der Waals surface area contributed by atoms with Crippen molar-refractivity contribution in [2.45, 2.75) is 6.42 Å². The standard InChI is InChI=1S/C15H7F3N2O4/c16-9-5-10(17)13(18)19-11(9)6-12(21)24-20-14(22)7-3-1-2-4-8(7)15(20)23/h1-5H,6H2. The lowest BCUT2D eigenvalue weighted by Crippen LogP contribution is -2.33. The number of hydroxylamine groups is 2. The zero-order chi connectivity index (χ0) is 17.4. The molecule has 24 heavy (non-hydrogen) atoms. The lowest BCUT2D eigenvalue weighted by atomic mass is 10.1. The summed E-state index contributed by atoms with van der Waals surface area (Å²) in [7, 11) is 0. The third-order valence-corrected chi connectivity index (χ3v) is 3.22. The van der Waals surface area contributed by atoms with Gasteiger partial charge in [0.05, 0.1) is 23.2 Å². The van der Waals surface area contributed by atoms with Crippen molar-refractivity contribution in [1.29, 1.82) is 0 Å². The van der Waals surface area contributed by atoms with Crippen LogP contribution in [0.25, 0.3) is 0 Å². The molecule has 1 aromatic carbocycles. The number of aromatic nitrogens is 1. The van der Waals surface area contributed by atoms with Crippen LogP contribution >= 0.6 is 0 Å². The molecule has 2 heterocycles. The lowest BCUT2D eigenvalue weighted by molar-refractivity contribution is -0.167. The molecule has 2 amide bonds. The Morgan fingerprint density at radius 3 is 2.21 bits per heavy atom. The summed E-state index contributed by atoms with van der Waals surface area (Å²) in [5, 5.41) is 0.227. The third kappa shape index (κ3) is 2.60. The second-order valence-electron chi connectivity index (χ2n) is 4.78. The van der Waals surface area contributed by atoms with Crippen molar-refractivity contribution in [2.75, 3.05) is 0 Å². The first-order chi connectivity index (χ1) is 11.4. The monoisotopic (exact) mass is 336 g/mol. The molecule has 0 spiro atoms. The smallest absolute Gasteiger partial charge is 0.329 e. The first-order valence-electron chi connectivity index (χ1n) is 6.57. The van der Waals surface area contributed by atoms with Gasteiger partial charge in [-0.2, -0.15) is 4.39 Å². The molecule has 0 radical (unpaired) electrons. The van der Waals surface area contributed by atoms with E-state index in [0.717, 1.165) is 0 Å². The number of rotatable bonds is 3. The molecule has 6 nitrogen and oxygen atoms in total. The molecular formula is C15H7F3N2O4. The van der Waals surface area contributed by atoms with Crippen molar-refractivity contribution < 1.29 is 32.4 Å². The summed E-state index contributed by atoms with van der Waals surface area (Å²) < 4.78 is 39.2. The summed E-state index contributed by atoms with van der Waals surface area (Å²) in [5.74, 6) is -7.30. The number of benzene rings is 1. The van der Waals surface area contributed by atoms with Gasteiger partial charge in [-0.25, -0.2) is 18.6 Å². The molecule has 0 aliphatic carbocycles. The van der Waals surface area contributed by atoms with Crippen molar-refractivity contribution in [3.8, 4) is 0 Å². The van der Waals surface area contributed by atoms with Gasteiger partial charge in [-0.05, 0) is 12.1 Å². The van der Waals surface area contributed by atoms with Crippen LogP contribution in [0.2, 0.25) is 0 Å². The van der Waals surface area contributed by atoms with Gasteiger partial charge in [-0.15, -0.1) is 0 Å². The maximum Gasteiger partial charge on any atom is 0.339 e. The Hall–Kier alpha value is -3.23. The number of carbonyl (C=O) groups excluding carboxylic acids is 3. The predicted octanol–water partition coefficient (Wildman–Crippen LogP) is 1.80. The van der Waals surface area contributed by atoms with Gasteiger partial charge in [0, 0.05) is 6.07 Å². The van der Waals surface area contributed by atoms with Crippen molar-refractivity contribution in [2.24, 2.45) is 0 Å². The first kappa shape index (κ1) is 15.7. The minimum absolute atomic E-state index is 0.0485. The quantitative estimate of drug-likeness (QED) is 0.631. The van der Waals surface area contributed by atoms with Gasteiger partial charge in [-0.1, -0.05) is 17.2 Å². The number of hydrogen-bond donors (Lipinski definition) is 0. The highest BCUT2D eigenvalue weighted by atomic mass is 19.2. The number of carbonyl (C=O) groups is 3. The van der Waals surface area contributed by atoms with Crippen molar-refractivity contribution in [1.82, 2.24) is 10.0 Å². The second kappa shape index (κ2) is 5.76. The number of pyridine rings is 1. The summed E-state index contributed by atoms with van der Waals surface area (Å²) in [6.45, 7) is 0. The Labute approximate surface area is 132 Å². The molecule has 1 aliphatic rings. The SMILES string of the molecule is O=C(Cc1nc(F)c(F)cc1F)ON1C(=O)c2ccccc2C1=O. The lowest BCUT2D eigenvalue weighted by Gasteiger charge is -2.12. The molecule has 1 aliphatic heterocycles. The van der Waals surface area contributed by atoms with E-state index in [9.17, 15) is 27.6 Å². The molecule has 2 aromatic rings. The molecule has 122 valence electrons. The number of fused-ring (bicyclic) bond motifs is 1. The van der Waals surface area contributed by atoms with Crippen LogP contribution in [0.5, 0.6) is 0 Å². The first-order valence-corrected chi connectivity index (χ1v) is 6.57. The van der Waals surface area contributed by atoms with Crippen molar-refractivity contribution in [3.63, 3.8) is 0 Å². The molecule has 3 rings (SSSR count). The van der Waals surface area contributed by atoms with E-state index in [1.807, 2.05) is 0 Å². The number of imide groups is 1. The maximum atomic E-state index is 13.4. The summed E-state index contributed by atoms with van der Waals surface area (Å²) in [6.07, 6.45) is -0.892. The molecule has 0 atom stereocenters. The van der Waals surface area contributed by atoms with E-state index in [-0.39, 0.29) is 22.3 Å². The van der Waals surface area contributed by atoms with E-state index >= 15 is 0 Å². The van der Waals surface area contributed by atoms with Crippen LogP contribution in [0, 0.1) is 17.6 Å². The van der Waals surface area contributed by atoms with Crippen molar-refractivity contribution in [3.05, 3.63) is 64.7 Å². The normalized spacial score (nSPS) is 13.2. The Morgan fingerprint density at radius 2 is 1.62 bits per heavy atom. The highest BCUT2D eigenvalue weighted by Crippen LogP contribution is 2.23. The Morgan fingerprint density at radius 1 is 1.04 bits per heavy atom. The third-order valence-electron chi connectivity index (χ3n) is 3.22. The van der Waals surface area contributed by atoms with Crippen LogP contribution in [-0.2, 0) is 16.1 Å². The van der Waals surface area contributed by atoms with Crippen LogP contribution < -0.4 is 0 Å². The molecule has 9 heteroatoms. The minimum atomic E-state index is -1.58. The topological polar surface area (TPSA) is 76.6 Å². The van der Waals surface area contributed by atoms with Gasteiger partial charge in [0.1, 0.15) is 5.82 Å². The fraction of sp³-hybridized carbons (Fsp3) is 0.0667. The van der Waals surface area contributed by atoms with Crippen LogP contribution in [0.1, 0.15) is 26.4 Å². The minimum Gasteiger partial charge on any atom is -0.329 e. The molecule has 0 fully saturated rings. The van der Waals surface area contributed by atoms with Crippen LogP contribution in [0.15, 0.2) is 30.3 Å². The highest BCUT2D eigenvalue weighted by Gasteiger charge is 2.38. The van der Waals surface area contributed by atoms with Crippen LogP contribution in [0.4, 0.5) is 13.2 Å². The molecule has 0 saturated heterocycles. The average molecular weight is 336 g/mol. The van der Waals surface area contributed by atoms with E-state index < -0.39 is 47.5 Å². The molecular weight excluding hydrogens is 329 g/mol. The Bertz CT molecular complexity index is 850. The van der Waals surface area contributed by atoms with Crippen LogP contribution in [-0.4, -0.2) is 27.8 Å². The number of hydrogen-bond acceptors (Lipinski definition) is 5. The number of nitrogens with zero attached hydrogens (tertiary/aromatic N) is 2. The van der Waals surface area contributed by atoms with E-state index in [2.05, 4.69) is 9.82 Å². The second-order valence-corrected chi connectivity index (χ2v) is 4.78. The van der Waals surface area contributed by atoms with E-state index in [4.69, 9.17) is 0 Å². The fourth-order valence-electron chi connectivity index (χ4n) is 2.12. The summed E-state index contributed by atoms with van der Waals surface area (Å²) in [4.78, 5) is 43.3. The largest absolute Gasteiger partial charge is 0.339 e. The molecule has 0 bridgehead atoms. The van der Waals surface area contributed by atoms with Gasteiger partial charge >= 0.3 is 5.97 Å². The summed E-state index contributed by atoms with van der Waals surface area (Å²) in [5.41, 5.74) is -0.615. The van der Waals surface area contributed by atoms with Crippen LogP contribution in [0.3, 0.4) is 0 Å². The number of amides is 2. The van der Waals surface area contributed by atoms with Crippen molar-refractivity contribution >= 4 is 17.8 Å². The molecule has 0 unspecified atom stereocenters. The Balaban J connectivity index is 1.76. The molecule has 1 aromatic heterocycles.